The highest BCUT2D eigenvalue weighted by atomic mass is 35.5. The minimum atomic E-state index is -3.98. The van der Waals surface area contributed by atoms with Crippen molar-refractivity contribution in [2.45, 2.75) is 43.2 Å². The lowest BCUT2D eigenvalue weighted by Gasteiger charge is -2.29. The van der Waals surface area contributed by atoms with Crippen molar-refractivity contribution in [1.29, 1.82) is 0 Å². The van der Waals surface area contributed by atoms with E-state index in [1.54, 1.807) is 24.3 Å². The van der Waals surface area contributed by atoms with E-state index in [-0.39, 0.29) is 29.7 Å². The molecule has 0 unspecified atom stereocenters. The van der Waals surface area contributed by atoms with Crippen molar-refractivity contribution >= 4 is 33.5 Å². The van der Waals surface area contributed by atoms with Crippen molar-refractivity contribution in [2.75, 3.05) is 13.7 Å². The Labute approximate surface area is 187 Å². The summed E-state index contributed by atoms with van der Waals surface area (Å²) in [5, 5.41) is 3.24. The Balaban J connectivity index is 1.98. The number of methoxy groups -OCH3 is 1. The topological polar surface area (TPSA) is 92.8 Å². The van der Waals surface area contributed by atoms with Crippen molar-refractivity contribution in [3.63, 3.8) is 0 Å². The van der Waals surface area contributed by atoms with E-state index in [2.05, 4.69) is 5.32 Å². The lowest BCUT2D eigenvalue weighted by atomic mass is 10.1. The zero-order chi connectivity index (χ0) is 22.4. The van der Waals surface area contributed by atoms with Crippen LogP contribution in [0, 0.1) is 0 Å². The third kappa shape index (κ3) is 5.84. The molecular weight excluding hydrogens is 440 g/mol. The number of halogens is 1. The normalized spacial score (nSPS) is 17.1. The Kier molecular flexibility index (Phi) is 7.69. The van der Waals surface area contributed by atoms with Gasteiger partial charge in [-0.25, -0.2) is 8.42 Å². The fraction of sp³-hybridized carbons (Fsp3) is 0.364. The average Bonchev–Trinajstić information content (AvgIpc) is 2.96. The van der Waals surface area contributed by atoms with Crippen LogP contribution in [0.1, 0.15) is 30.4 Å². The molecule has 1 N–H and O–H groups in total. The molecule has 1 heterocycles. The predicted octanol–water partition coefficient (Wildman–Crippen LogP) is 2.92. The number of carbonyl (C=O) groups excluding carboxylic acids is 2. The summed E-state index contributed by atoms with van der Waals surface area (Å²) in [6.07, 6.45) is 2.04. The number of rotatable bonds is 7. The summed E-state index contributed by atoms with van der Waals surface area (Å²) in [7, 11) is -2.67. The van der Waals surface area contributed by atoms with Crippen LogP contribution in [-0.4, -0.2) is 44.3 Å². The lowest BCUT2D eigenvalue weighted by Crippen LogP contribution is -2.48. The van der Waals surface area contributed by atoms with Gasteiger partial charge in [-0.2, -0.15) is 4.31 Å². The Morgan fingerprint density at radius 3 is 2.58 bits per heavy atom. The number of nitrogens with one attached hydrogen (secondary N) is 1. The second-order valence-electron chi connectivity index (χ2n) is 7.38. The van der Waals surface area contributed by atoms with Crippen LogP contribution in [0.4, 0.5) is 0 Å². The van der Waals surface area contributed by atoms with Crippen molar-refractivity contribution in [1.82, 2.24) is 9.62 Å². The number of hydrogen-bond acceptors (Lipinski definition) is 5. The fourth-order valence-corrected chi connectivity index (χ4v) is 5.29. The molecule has 1 amide bonds. The molecule has 1 atom stereocenters. The number of esters is 1. The van der Waals surface area contributed by atoms with Gasteiger partial charge in [-0.1, -0.05) is 35.9 Å². The van der Waals surface area contributed by atoms with Gasteiger partial charge >= 0.3 is 5.97 Å². The molecule has 0 aromatic heterocycles. The smallest absolute Gasteiger partial charge is 0.309 e. The molecule has 9 heteroatoms. The monoisotopic (exact) mass is 464 g/mol. The van der Waals surface area contributed by atoms with E-state index < -0.39 is 16.1 Å². The highest BCUT2D eigenvalue weighted by molar-refractivity contribution is 7.89. The Morgan fingerprint density at radius 2 is 1.87 bits per heavy atom. The molecule has 31 heavy (non-hydrogen) atoms. The Hall–Kier alpha value is -2.42. The quantitative estimate of drug-likeness (QED) is 0.636. The first-order chi connectivity index (χ1) is 14.8. The van der Waals surface area contributed by atoms with Gasteiger partial charge in [0.25, 0.3) is 0 Å². The number of carbonyl (C=O) groups is 2. The molecule has 2 aromatic carbocycles. The predicted molar refractivity (Wildman–Crippen MR) is 117 cm³/mol. The third-order valence-electron chi connectivity index (χ3n) is 5.18. The van der Waals surface area contributed by atoms with Crippen molar-refractivity contribution in [3.8, 4) is 0 Å². The molecule has 7 nitrogen and oxygen atoms in total. The Bertz CT molecular complexity index is 1040. The SMILES string of the molecule is COC(=O)Cc1cccc(CN([C@@H]2CCCCNC2=O)S(=O)(=O)c2ccc(Cl)cc2)c1. The van der Waals surface area contributed by atoms with Crippen molar-refractivity contribution in [3.05, 3.63) is 64.7 Å². The molecule has 0 saturated carbocycles. The molecule has 0 spiro atoms. The van der Waals surface area contributed by atoms with E-state index in [0.29, 0.717) is 29.1 Å². The summed E-state index contributed by atoms with van der Waals surface area (Å²) in [5.74, 6) is -0.688. The van der Waals surface area contributed by atoms with Crippen LogP contribution in [0.15, 0.2) is 53.4 Å². The molecule has 166 valence electrons. The number of benzene rings is 2. The molecule has 1 aliphatic rings. The summed E-state index contributed by atoms with van der Waals surface area (Å²) in [6.45, 7) is 0.525. The zero-order valence-electron chi connectivity index (χ0n) is 17.2. The Morgan fingerprint density at radius 1 is 1.16 bits per heavy atom. The summed E-state index contributed by atoms with van der Waals surface area (Å²) >= 11 is 5.93. The van der Waals surface area contributed by atoms with Crippen LogP contribution in [0.25, 0.3) is 0 Å². The summed E-state index contributed by atoms with van der Waals surface area (Å²) in [5.41, 5.74) is 1.38. The molecule has 0 radical (unpaired) electrons. The van der Waals surface area contributed by atoms with Gasteiger partial charge in [0.2, 0.25) is 15.9 Å². The van der Waals surface area contributed by atoms with Gasteiger partial charge in [0, 0.05) is 18.1 Å². The average molecular weight is 465 g/mol. The highest BCUT2D eigenvalue weighted by Gasteiger charge is 2.36. The second-order valence-corrected chi connectivity index (χ2v) is 9.71. The minimum absolute atomic E-state index is 0.00193. The molecule has 1 saturated heterocycles. The van der Waals surface area contributed by atoms with E-state index in [1.807, 2.05) is 0 Å². The van der Waals surface area contributed by atoms with Crippen LogP contribution in [0.3, 0.4) is 0 Å². The molecule has 2 aromatic rings. The van der Waals surface area contributed by atoms with Gasteiger partial charge in [0.15, 0.2) is 0 Å². The van der Waals surface area contributed by atoms with Gasteiger partial charge in [-0.05, 0) is 54.7 Å². The first-order valence-corrected chi connectivity index (χ1v) is 11.8. The molecular formula is C22H25ClN2O5S. The van der Waals surface area contributed by atoms with Crippen LogP contribution in [0.2, 0.25) is 5.02 Å². The summed E-state index contributed by atoms with van der Waals surface area (Å²) < 4.78 is 33.0. The maximum absolute atomic E-state index is 13.5. The number of hydrogen-bond donors (Lipinski definition) is 1. The van der Waals surface area contributed by atoms with Crippen LogP contribution < -0.4 is 5.32 Å². The lowest BCUT2D eigenvalue weighted by molar-refractivity contribution is -0.139. The number of ether oxygens (including phenoxy) is 1. The van der Waals surface area contributed by atoms with Crippen molar-refractivity contribution < 1.29 is 22.7 Å². The van der Waals surface area contributed by atoms with Crippen LogP contribution in [-0.2, 0) is 37.3 Å². The third-order valence-corrected chi connectivity index (χ3v) is 7.30. The first kappa shape index (κ1) is 23.2. The highest BCUT2D eigenvalue weighted by Crippen LogP contribution is 2.26. The molecule has 1 fully saturated rings. The van der Waals surface area contributed by atoms with Crippen LogP contribution >= 0.6 is 11.6 Å². The first-order valence-electron chi connectivity index (χ1n) is 10.0. The van der Waals surface area contributed by atoms with E-state index in [0.717, 1.165) is 12.8 Å². The van der Waals surface area contributed by atoms with E-state index >= 15 is 0 Å². The van der Waals surface area contributed by atoms with Gasteiger partial charge in [0.05, 0.1) is 18.4 Å². The standard InChI is InChI=1S/C22H25ClN2O5S/c1-30-21(26)14-16-5-4-6-17(13-16)15-25(20-7-2-3-12-24-22(20)27)31(28,29)19-10-8-18(23)9-11-19/h4-6,8-11,13,20H,2-3,7,12,14-15H2,1H3,(H,24,27)/t20-/m1/s1. The minimum Gasteiger partial charge on any atom is -0.469 e. The molecule has 3 rings (SSSR count). The molecule has 0 bridgehead atoms. The number of amides is 1. The fourth-order valence-electron chi connectivity index (χ4n) is 3.56. The second kappa shape index (κ2) is 10.3. The van der Waals surface area contributed by atoms with Crippen LogP contribution in [0.5, 0.6) is 0 Å². The molecule has 0 aliphatic carbocycles. The molecule has 1 aliphatic heterocycles. The van der Waals surface area contributed by atoms with Gasteiger partial charge in [-0.3, -0.25) is 9.59 Å². The number of nitrogens with zero attached hydrogens (tertiary/aromatic N) is 1. The number of sulfonamides is 1. The van der Waals surface area contributed by atoms with E-state index in [1.165, 1.54) is 35.7 Å². The summed E-state index contributed by atoms with van der Waals surface area (Å²) in [4.78, 5) is 24.4. The van der Waals surface area contributed by atoms with Gasteiger partial charge in [0.1, 0.15) is 6.04 Å². The van der Waals surface area contributed by atoms with Gasteiger partial charge in [-0.15, -0.1) is 0 Å². The summed E-state index contributed by atoms with van der Waals surface area (Å²) in [6, 6.07) is 12.1. The van der Waals surface area contributed by atoms with E-state index in [9.17, 15) is 18.0 Å². The van der Waals surface area contributed by atoms with Crippen molar-refractivity contribution in [2.24, 2.45) is 0 Å². The van der Waals surface area contributed by atoms with E-state index in [4.69, 9.17) is 16.3 Å². The largest absolute Gasteiger partial charge is 0.469 e. The maximum atomic E-state index is 13.5. The maximum Gasteiger partial charge on any atom is 0.309 e. The van der Waals surface area contributed by atoms with Gasteiger partial charge < -0.3 is 10.1 Å². The zero-order valence-corrected chi connectivity index (χ0v) is 18.8.